The number of thioether (sulfide) groups is 1. The van der Waals surface area contributed by atoms with E-state index in [0.29, 0.717) is 18.0 Å². The molecule has 4 rings (SSSR count). The number of halogens is 6. The van der Waals surface area contributed by atoms with Gasteiger partial charge < -0.3 is 15.2 Å². The lowest BCUT2D eigenvalue weighted by Gasteiger charge is -2.22. The number of nitrogen functional groups attached to an aromatic ring is 1. The summed E-state index contributed by atoms with van der Waals surface area (Å²) in [5.41, 5.74) is 1.46. The molecule has 0 aliphatic carbocycles. The normalized spacial score (nSPS) is 12.9. The van der Waals surface area contributed by atoms with Crippen molar-refractivity contribution in [3.8, 4) is 11.5 Å². The molecule has 0 bridgehead atoms. The number of methoxy groups -OCH3 is 1. The molecule has 1 aliphatic heterocycles. The predicted molar refractivity (Wildman–Crippen MR) is 157 cm³/mol. The van der Waals surface area contributed by atoms with Crippen LogP contribution in [0.4, 0.5) is 33.3 Å². The Morgan fingerprint density at radius 2 is 1.84 bits per heavy atom. The average molecular weight is 661 g/mol. The molecule has 236 valence electrons. The molecule has 0 spiro atoms. The number of hydrogen-bond acceptors (Lipinski definition) is 9. The maximum Gasteiger partial charge on any atom is 0.434 e. The zero-order valence-corrected chi connectivity index (χ0v) is 25.0. The Labute approximate surface area is 257 Å². The van der Waals surface area contributed by atoms with Gasteiger partial charge in [-0.05, 0) is 36.1 Å². The molecule has 0 fully saturated rings. The molecular formula is C28H26ClF5N4O5S. The lowest BCUT2D eigenvalue weighted by molar-refractivity contribution is -0.383. The highest BCUT2D eigenvalue weighted by Gasteiger charge is 2.42. The number of rotatable bonds is 8. The standard InChI is InChI=1S/C16H17F5N2O2S.C12H9ClN2O3/c1-7(2)6-8-9(15(24)25-3)11(13(17)18)23-12(16(19,20)21)10(8)14-22-4-5-26-14;13-11-10(18-8-4-2-1-3-5-8)7-6-9(12(11)14)15(16)17/h7,13H,4-6H2,1-3H3;1-7H,14H2. The number of alkyl halides is 5. The van der Waals surface area contributed by atoms with E-state index in [1.807, 2.05) is 6.07 Å². The summed E-state index contributed by atoms with van der Waals surface area (Å²) in [6, 6.07) is 11.6. The van der Waals surface area contributed by atoms with Crippen molar-refractivity contribution in [1.29, 1.82) is 0 Å². The zero-order valence-electron chi connectivity index (χ0n) is 23.5. The Morgan fingerprint density at radius 1 is 1.18 bits per heavy atom. The van der Waals surface area contributed by atoms with Gasteiger partial charge in [0.25, 0.3) is 12.1 Å². The minimum Gasteiger partial charge on any atom is -0.465 e. The molecular weight excluding hydrogens is 635 g/mol. The highest BCUT2D eigenvalue weighted by atomic mass is 35.5. The number of nitrogens with zero attached hydrogens (tertiary/aromatic N) is 3. The Hall–Kier alpha value is -3.98. The van der Waals surface area contributed by atoms with Crippen molar-refractivity contribution in [2.75, 3.05) is 25.1 Å². The molecule has 3 aromatic rings. The van der Waals surface area contributed by atoms with E-state index in [-0.39, 0.29) is 45.1 Å². The Morgan fingerprint density at radius 3 is 2.34 bits per heavy atom. The van der Waals surface area contributed by atoms with Gasteiger partial charge in [-0.2, -0.15) is 13.2 Å². The number of carbonyl (C=O) groups excluding carboxylic acids is 1. The second-order valence-corrected chi connectivity index (χ2v) is 10.9. The van der Waals surface area contributed by atoms with E-state index in [1.165, 1.54) is 12.1 Å². The third-order valence-corrected chi connectivity index (χ3v) is 7.28. The summed E-state index contributed by atoms with van der Waals surface area (Å²) in [4.78, 5) is 29.4. The summed E-state index contributed by atoms with van der Waals surface area (Å²) in [6.07, 6.45) is -8.35. The van der Waals surface area contributed by atoms with Crippen molar-refractivity contribution in [2.45, 2.75) is 32.9 Å². The number of pyridine rings is 1. The second kappa shape index (κ2) is 14.7. The van der Waals surface area contributed by atoms with E-state index >= 15 is 0 Å². The van der Waals surface area contributed by atoms with E-state index in [1.54, 1.807) is 38.1 Å². The number of para-hydroxylation sites is 1. The van der Waals surface area contributed by atoms with Crippen LogP contribution in [0.1, 0.15) is 53.1 Å². The summed E-state index contributed by atoms with van der Waals surface area (Å²) in [7, 11) is 0.982. The topological polar surface area (TPSA) is 130 Å². The first-order valence-corrected chi connectivity index (χ1v) is 14.2. The number of esters is 1. The first-order valence-electron chi connectivity index (χ1n) is 12.8. The minimum absolute atomic E-state index is 0.0231. The molecule has 2 heterocycles. The van der Waals surface area contributed by atoms with Crippen molar-refractivity contribution < 1.29 is 41.1 Å². The number of hydrogen-bond donors (Lipinski definition) is 1. The summed E-state index contributed by atoms with van der Waals surface area (Å²) >= 11 is 7.02. The van der Waals surface area contributed by atoms with Gasteiger partial charge in [-0.1, -0.05) is 43.6 Å². The van der Waals surface area contributed by atoms with Crippen LogP contribution in [0, 0.1) is 16.0 Å². The van der Waals surface area contributed by atoms with Gasteiger partial charge in [-0.15, -0.1) is 11.8 Å². The van der Waals surface area contributed by atoms with Crippen LogP contribution in [0.5, 0.6) is 11.5 Å². The smallest absolute Gasteiger partial charge is 0.434 e. The van der Waals surface area contributed by atoms with Crippen LogP contribution in [0.15, 0.2) is 47.5 Å². The molecule has 16 heteroatoms. The minimum atomic E-state index is -4.97. The van der Waals surface area contributed by atoms with Gasteiger partial charge in [0.1, 0.15) is 32.9 Å². The van der Waals surface area contributed by atoms with Gasteiger partial charge in [-0.3, -0.25) is 15.1 Å². The van der Waals surface area contributed by atoms with E-state index in [4.69, 9.17) is 22.1 Å². The van der Waals surface area contributed by atoms with E-state index in [0.717, 1.165) is 18.9 Å². The molecule has 44 heavy (non-hydrogen) atoms. The second-order valence-electron chi connectivity index (χ2n) is 9.48. The molecule has 0 saturated heterocycles. The first-order chi connectivity index (χ1) is 20.7. The molecule has 0 radical (unpaired) electrons. The number of nitro groups is 1. The lowest BCUT2D eigenvalue weighted by Crippen LogP contribution is -2.24. The largest absolute Gasteiger partial charge is 0.465 e. The number of anilines is 1. The number of carbonyl (C=O) groups is 1. The zero-order chi connectivity index (χ0) is 32.8. The van der Waals surface area contributed by atoms with Crippen LogP contribution in [0.3, 0.4) is 0 Å². The number of aliphatic imine (C=N–C) groups is 1. The highest BCUT2D eigenvalue weighted by Crippen LogP contribution is 2.41. The number of ether oxygens (including phenoxy) is 2. The maximum atomic E-state index is 13.6. The molecule has 0 amide bonds. The van der Waals surface area contributed by atoms with E-state index in [2.05, 4.69) is 14.7 Å². The van der Waals surface area contributed by atoms with Crippen LogP contribution in [0.25, 0.3) is 0 Å². The van der Waals surface area contributed by atoms with Crippen molar-refractivity contribution >= 4 is 45.8 Å². The molecule has 2 aromatic carbocycles. The summed E-state index contributed by atoms with van der Waals surface area (Å²) in [6.45, 7) is 3.73. The lowest BCUT2D eigenvalue weighted by atomic mass is 9.91. The molecule has 0 atom stereocenters. The molecule has 0 unspecified atom stereocenters. The van der Waals surface area contributed by atoms with Gasteiger partial charge in [0.05, 0.1) is 17.6 Å². The van der Waals surface area contributed by atoms with Gasteiger partial charge in [0, 0.05) is 23.9 Å². The number of benzene rings is 2. The summed E-state index contributed by atoms with van der Waals surface area (Å²) < 4.78 is 77.7. The van der Waals surface area contributed by atoms with Crippen molar-refractivity contribution in [3.63, 3.8) is 0 Å². The fourth-order valence-electron chi connectivity index (χ4n) is 4.09. The molecule has 0 saturated carbocycles. The van der Waals surface area contributed by atoms with Crippen LogP contribution in [-0.2, 0) is 17.3 Å². The molecule has 9 nitrogen and oxygen atoms in total. The Kier molecular flexibility index (Phi) is 11.5. The number of nitro benzene ring substituents is 1. The monoisotopic (exact) mass is 660 g/mol. The number of aromatic nitrogens is 1. The van der Waals surface area contributed by atoms with Gasteiger partial charge in [-0.25, -0.2) is 18.6 Å². The van der Waals surface area contributed by atoms with Crippen LogP contribution >= 0.6 is 23.4 Å². The molecule has 2 N–H and O–H groups in total. The van der Waals surface area contributed by atoms with Crippen molar-refractivity contribution in [2.24, 2.45) is 10.9 Å². The Balaban J connectivity index is 0.000000257. The average Bonchev–Trinajstić information content (AvgIpc) is 3.49. The molecule has 1 aliphatic rings. The quantitative estimate of drug-likeness (QED) is 0.0843. The predicted octanol–water partition coefficient (Wildman–Crippen LogP) is 8.14. The van der Waals surface area contributed by atoms with E-state index < -0.39 is 46.0 Å². The number of nitrogens with two attached hydrogens (primary N) is 1. The SMILES string of the molecule is COC(=O)c1c(C(F)F)nc(C(F)(F)F)c(C2=NCCS2)c1CC(C)C.Nc1c([N+](=O)[O-])ccc(Oc2ccccc2)c1Cl. The Bertz CT molecular complexity index is 1560. The van der Waals surface area contributed by atoms with Gasteiger partial charge >= 0.3 is 12.1 Å². The fourth-order valence-corrected chi connectivity index (χ4v) is 5.21. The van der Waals surface area contributed by atoms with Gasteiger partial charge in [0.15, 0.2) is 5.69 Å². The van der Waals surface area contributed by atoms with Crippen LogP contribution < -0.4 is 10.5 Å². The first kappa shape index (κ1) is 34.5. The fraction of sp³-hybridized carbons (Fsp3) is 0.321. The van der Waals surface area contributed by atoms with Crippen LogP contribution in [-0.4, -0.2) is 40.3 Å². The third-order valence-electron chi connectivity index (χ3n) is 5.89. The van der Waals surface area contributed by atoms with E-state index in [9.17, 15) is 36.9 Å². The van der Waals surface area contributed by atoms with Crippen LogP contribution in [0.2, 0.25) is 5.02 Å². The van der Waals surface area contributed by atoms with Crippen molar-refractivity contribution in [3.05, 3.63) is 85.7 Å². The third kappa shape index (κ3) is 8.14. The summed E-state index contributed by atoms with van der Waals surface area (Å²) in [5, 5.41) is 10.8. The molecule has 1 aromatic heterocycles. The van der Waals surface area contributed by atoms with Crippen molar-refractivity contribution in [1.82, 2.24) is 4.98 Å². The highest BCUT2D eigenvalue weighted by molar-refractivity contribution is 8.14. The van der Waals surface area contributed by atoms with Gasteiger partial charge in [0.2, 0.25) is 0 Å². The summed E-state index contributed by atoms with van der Waals surface area (Å²) in [5.74, 6) is -0.00318. The maximum absolute atomic E-state index is 13.6.